The molecule has 0 bridgehead atoms. The van der Waals surface area contributed by atoms with Gasteiger partial charge in [-0.3, -0.25) is 0 Å². The van der Waals surface area contributed by atoms with Crippen molar-refractivity contribution in [1.82, 2.24) is 15.0 Å². The van der Waals surface area contributed by atoms with E-state index in [9.17, 15) is 0 Å². The fraction of sp³-hybridized carbons (Fsp3) is 0.0357. The highest BCUT2D eigenvalue weighted by atomic mass is 35.5. The average molecular weight is 493 g/mol. The van der Waals surface area contributed by atoms with Gasteiger partial charge >= 0.3 is 6.01 Å². The number of hydrogen-bond acceptors (Lipinski definition) is 7. The molecule has 0 amide bonds. The van der Waals surface area contributed by atoms with Crippen molar-refractivity contribution in [1.29, 1.82) is 0 Å². The second-order valence-corrected chi connectivity index (χ2v) is 8.23. The Morgan fingerprint density at radius 2 is 1.72 bits per heavy atom. The minimum atomic E-state index is -0.00810. The van der Waals surface area contributed by atoms with Gasteiger partial charge in [0.05, 0.1) is 5.69 Å². The lowest BCUT2D eigenvalue weighted by Crippen LogP contribution is -2.02. The number of nitrogens with one attached hydrogen (secondary N) is 1. The molecular formula is C28H21ClN6O. The molecule has 0 unspecified atom stereocenters. The Morgan fingerprint density at radius 1 is 0.889 bits per heavy atom. The standard InChI is InChI=1S/C28H21ClN6O/c1-3-19-10-8-12-21(17-19)30-27-31-26(29)32-28(33-27)36-24-16-15-20-11-5-6-13-22(20)25(24)35-34-23-14-7-4-9-18(23)2/h3-17H,1H2,2H3,(H,30,31,32,33). The van der Waals surface area contributed by atoms with Gasteiger partial charge in [-0.1, -0.05) is 73.3 Å². The first-order chi connectivity index (χ1) is 17.6. The average Bonchev–Trinajstić information content (AvgIpc) is 2.88. The van der Waals surface area contributed by atoms with Crippen LogP contribution in [-0.4, -0.2) is 15.0 Å². The van der Waals surface area contributed by atoms with Crippen molar-refractivity contribution in [2.45, 2.75) is 6.92 Å². The molecule has 0 aliphatic rings. The number of aryl methyl sites for hydroxylation is 1. The van der Waals surface area contributed by atoms with E-state index in [-0.39, 0.29) is 17.2 Å². The highest BCUT2D eigenvalue weighted by Gasteiger charge is 2.14. The predicted molar refractivity (Wildman–Crippen MR) is 144 cm³/mol. The molecule has 5 aromatic rings. The molecule has 0 fully saturated rings. The summed E-state index contributed by atoms with van der Waals surface area (Å²) in [6.45, 7) is 5.78. The third kappa shape index (κ3) is 5.21. The van der Waals surface area contributed by atoms with Gasteiger partial charge in [0.25, 0.3) is 0 Å². The fourth-order valence-electron chi connectivity index (χ4n) is 3.60. The molecule has 1 N–H and O–H groups in total. The molecular weight excluding hydrogens is 472 g/mol. The Hall–Kier alpha value is -4.62. The van der Waals surface area contributed by atoms with Crippen LogP contribution in [0.15, 0.2) is 102 Å². The summed E-state index contributed by atoms with van der Waals surface area (Å²) in [6.07, 6.45) is 1.76. The minimum absolute atomic E-state index is 0.00810. The van der Waals surface area contributed by atoms with Gasteiger partial charge < -0.3 is 10.1 Å². The Balaban J connectivity index is 1.51. The molecule has 0 saturated carbocycles. The van der Waals surface area contributed by atoms with E-state index in [1.165, 1.54) is 0 Å². The van der Waals surface area contributed by atoms with Crippen molar-refractivity contribution in [3.05, 3.63) is 108 Å². The Bertz CT molecular complexity index is 1600. The molecule has 0 atom stereocenters. The molecule has 5 rings (SSSR count). The molecule has 7 nitrogen and oxygen atoms in total. The normalized spacial score (nSPS) is 11.1. The molecule has 0 aliphatic heterocycles. The number of aromatic nitrogens is 3. The zero-order chi connectivity index (χ0) is 24.9. The van der Waals surface area contributed by atoms with Gasteiger partial charge in [-0.15, -0.1) is 5.11 Å². The molecule has 8 heteroatoms. The number of hydrogen-bond donors (Lipinski definition) is 1. The van der Waals surface area contributed by atoms with Crippen LogP contribution < -0.4 is 10.1 Å². The topological polar surface area (TPSA) is 84.7 Å². The lowest BCUT2D eigenvalue weighted by atomic mass is 10.1. The number of halogens is 1. The Labute approximate surface area is 213 Å². The first-order valence-corrected chi connectivity index (χ1v) is 11.5. The maximum absolute atomic E-state index is 6.19. The molecule has 0 spiro atoms. The van der Waals surface area contributed by atoms with Crippen LogP contribution in [0.5, 0.6) is 11.8 Å². The van der Waals surface area contributed by atoms with Crippen molar-refractivity contribution in [2.24, 2.45) is 10.2 Å². The lowest BCUT2D eigenvalue weighted by molar-refractivity contribution is 0.442. The lowest BCUT2D eigenvalue weighted by Gasteiger charge is -2.11. The van der Waals surface area contributed by atoms with Crippen LogP contribution in [0.1, 0.15) is 11.1 Å². The summed E-state index contributed by atoms with van der Waals surface area (Å²) in [7, 11) is 0. The second-order valence-electron chi connectivity index (χ2n) is 7.89. The summed E-state index contributed by atoms with van der Waals surface area (Å²) in [6, 6.07) is 27.1. The summed E-state index contributed by atoms with van der Waals surface area (Å²) in [5, 5.41) is 14.0. The van der Waals surface area contributed by atoms with E-state index in [2.05, 4.69) is 37.1 Å². The molecule has 0 saturated heterocycles. The van der Waals surface area contributed by atoms with Gasteiger partial charge in [-0.05, 0) is 59.3 Å². The number of nitrogens with zero attached hydrogens (tertiary/aromatic N) is 5. The maximum atomic E-state index is 6.19. The molecule has 4 aromatic carbocycles. The van der Waals surface area contributed by atoms with Crippen LogP contribution >= 0.6 is 11.6 Å². The Morgan fingerprint density at radius 3 is 2.58 bits per heavy atom. The monoisotopic (exact) mass is 492 g/mol. The number of anilines is 2. The number of fused-ring (bicyclic) bond motifs is 1. The molecule has 176 valence electrons. The molecule has 0 aliphatic carbocycles. The number of benzene rings is 4. The van der Waals surface area contributed by atoms with Gasteiger partial charge in [-0.25, -0.2) is 0 Å². The van der Waals surface area contributed by atoms with Gasteiger partial charge in [0.15, 0.2) is 5.75 Å². The van der Waals surface area contributed by atoms with Crippen molar-refractivity contribution in [3.63, 3.8) is 0 Å². The number of azo groups is 1. The van der Waals surface area contributed by atoms with Crippen LogP contribution in [0.4, 0.5) is 23.0 Å². The third-order valence-electron chi connectivity index (χ3n) is 5.40. The van der Waals surface area contributed by atoms with Crippen LogP contribution in [0.3, 0.4) is 0 Å². The SMILES string of the molecule is C=Cc1cccc(Nc2nc(Cl)nc(Oc3ccc4ccccc4c3N=Nc3ccccc3C)n2)c1. The van der Waals surface area contributed by atoms with Crippen molar-refractivity contribution >= 4 is 51.5 Å². The van der Waals surface area contributed by atoms with E-state index in [0.29, 0.717) is 11.4 Å². The zero-order valence-corrected chi connectivity index (χ0v) is 20.1. The van der Waals surface area contributed by atoms with E-state index in [0.717, 1.165) is 33.3 Å². The highest BCUT2D eigenvalue weighted by molar-refractivity contribution is 6.28. The maximum Gasteiger partial charge on any atom is 0.328 e. The van der Waals surface area contributed by atoms with Crippen LogP contribution in [0.25, 0.3) is 16.8 Å². The largest absolute Gasteiger partial charge is 0.422 e. The second kappa shape index (κ2) is 10.3. The van der Waals surface area contributed by atoms with Crippen molar-refractivity contribution in [2.75, 3.05) is 5.32 Å². The van der Waals surface area contributed by atoms with E-state index < -0.39 is 0 Å². The Kier molecular flexibility index (Phi) is 6.64. The fourth-order valence-corrected chi connectivity index (χ4v) is 3.76. The summed E-state index contributed by atoms with van der Waals surface area (Å²) in [5.41, 5.74) is 4.08. The first kappa shape index (κ1) is 23.1. The molecule has 0 radical (unpaired) electrons. The smallest absolute Gasteiger partial charge is 0.328 e. The number of ether oxygens (including phenoxy) is 1. The third-order valence-corrected chi connectivity index (χ3v) is 5.57. The quantitative estimate of drug-likeness (QED) is 0.230. The van der Waals surface area contributed by atoms with Crippen molar-refractivity contribution in [3.8, 4) is 11.8 Å². The van der Waals surface area contributed by atoms with Crippen LogP contribution in [-0.2, 0) is 0 Å². The first-order valence-electron chi connectivity index (χ1n) is 11.2. The van der Waals surface area contributed by atoms with Crippen LogP contribution in [0, 0.1) is 6.92 Å². The molecule has 1 aromatic heterocycles. The van der Waals surface area contributed by atoms with E-state index in [1.807, 2.05) is 91.9 Å². The van der Waals surface area contributed by atoms with Gasteiger partial charge in [-0.2, -0.15) is 20.1 Å². The van der Waals surface area contributed by atoms with Gasteiger partial charge in [0, 0.05) is 11.1 Å². The van der Waals surface area contributed by atoms with Crippen molar-refractivity contribution < 1.29 is 4.74 Å². The summed E-state index contributed by atoms with van der Waals surface area (Å²) >= 11 is 6.19. The van der Waals surface area contributed by atoms with Gasteiger partial charge in [0.1, 0.15) is 5.69 Å². The number of rotatable bonds is 7. The summed E-state index contributed by atoms with van der Waals surface area (Å²) in [5.74, 6) is 0.683. The molecule has 36 heavy (non-hydrogen) atoms. The van der Waals surface area contributed by atoms with E-state index in [4.69, 9.17) is 16.3 Å². The van der Waals surface area contributed by atoms with E-state index >= 15 is 0 Å². The summed E-state index contributed by atoms with van der Waals surface area (Å²) < 4.78 is 6.08. The van der Waals surface area contributed by atoms with Crippen LogP contribution in [0.2, 0.25) is 5.28 Å². The minimum Gasteiger partial charge on any atom is -0.422 e. The molecule has 1 heterocycles. The summed E-state index contributed by atoms with van der Waals surface area (Å²) in [4.78, 5) is 12.7. The zero-order valence-electron chi connectivity index (χ0n) is 19.4. The van der Waals surface area contributed by atoms with E-state index in [1.54, 1.807) is 6.08 Å². The predicted octanol–water partition coefficient (Wildman–Crippen LogP) is 8.58. The highest BCUT2D eigenvalue weighted by Crippen LogP contribution is 2.39. The van der Waals surface area contributed by atoms with Gasteiger partial charge in [0.2, 0.25) is 11.2 Å².